The summed E-state index contributed by atoms with van der Waals surface area (Å²) < 4.78 is 5.08. The van der Waals surface area contributed by atoms with Crippen molar-refractivity contribution in [3.8, 4) is 0 Å². The Balaban J connectivity index is 1.52. The van der Waals surface area contributed by atoms with E-state index in [2.05, 4.69) is 15.5 Å². The van der Waals surface area contributed by atoms with E-state index in [9.17, 15) is 4.79 Å². The molecule has 1 amide bonds. The molecule has 2 aromatic carbocycles. The number of carbonyl (C=O) groups excluding carboxylic acids is 1. The van der Waals surface area contributed by atoms with E-state index in [1.807, 2.05) is 54.6 Å². The predicted molar refractivity (Wildman–Crippen MR) is 92.7 cm³/mol. The van der Waals surface area contributed by atoms with Gasteiger partial charge < -0.3 is 9.84 Å². The number of thioether (sulfide) groups is 1. The maximum absolute atomic E-state index is 12.2. The van der Waals surface area contributed by atoms with Gasteiger partial charge >= 0.3 is 0 Å². The van der Waals surface area contributed by atoms with Gasteiger partial charge in [-0.2, -0.15) is 4.98 Å². The third-order valence-corrected chi connectivity index (χ3v) is 4.34. The quantitative estimate of drug-likeness (QED) is 0.695. The minimum Gasteiger partial charge on any atom is -0.348 e. The molecule has 5 nitrogen and oxygen atoms in total. The van der Waals surface area contributed by atoms with Gasteiger partial charge in [0, 0.05) is 17.0 Å². The highest BCUT2D eigenvalue weighted by Crippen LogP contribution is 2.22. The number of benzene rings is 2. The first kappa shape index (κ1) is 16.3. The fraction of sp³-hybridized carbons (Fsp3) is 0.167. The number of hydrogen-bond acceptors (Lipinski definition) is 5. The molecule has 0 saturated carbocycles. The van der Waals surface area contributed by atoms with E-state index in [4.69, 9.17) is 4.52 Å². The molecule has 122 valence electrons. The zero-order chi connectivity index (χ0) is 16.8. The SMILES string of the molecule is Cc1noc(CSc2ccc(C(=O)NCc3ccccc3)cc2)n1. The molecular weight excluding hydrogens is 322 g/mol. The van der Waals surface area contributed by atoms with Crippen molar-refractivity contribution >= 4 is 17.7 Å². The number of rotatable bonds is 6. The van der Waals surface area contributed by atoms with Gasteiger partial charge in [-0.3, -0.25) is 4.79 Å². The van der Waals surface area contributed by atoms with Crippen molar-refractivity contribution in [2.24, 2.45) is 0 Å². The average Bonchev–Trinajstić information content (AvgIpc) is 3.04. The number of nitrogens with one attached hydrogen (secondary N) is 1. The Labute approximate surface area is 144 Å². The molecule has 6 heteroatoms. The minimum absolute atomic E-state index is 0.0806. The van der Waals surface area contributed by atoms with E-state index in [-0.39, 0.29) is 5.91 Å². The van der Waals surface area contributed by atoms with Gasteiger partial charge in [0.1, 0.15) is 0 Å². The lowest BCUT2D eigenvalue weighted by Crippen LogP contribution is -2.22. The zero-order valence-corrected chi connectivity index (χ0v) is 14.0. The third kappa shape index (κ3) is 4.45. The summed E-state index contributed by atoms with van der Waals surface area (Å²) in [6, 6.07) is 17.3. The van der Waals surface area contributed by atoms with E-state index >= 15 is 0 Å². The second-order valence-corrected chi connectivity index (χ2v) is 6.27. The van der Waals surface area contributed by atoms with Gasteiger partial charge in [0.05, 0.1) is 5.75 Å². The minimum atomic E-state index is -0.0806. The van der Waals surface area contributed by atoms with Gasteiger partial charge in [0.2, 0.25) is 5.89 Å². The molecule has 3 rings (SSSR count). The highest BCUT2D eigenvalue weighted by atomic mass is 32.2. The van der Waals surface area contributed by atoms with Crippen LogP contribution in [0.3, 0.4) is 0 Å². The first-order valence-electron chi connectivity index (χ1n) is 7.55. The first-order valence-corrected chi connectivity index (χ1v) is 8.53. The van der Waals surface area contributed by atoms with Gasteiger partial charge in [-0.05, 0) is 36.8 Å². The molecule has 0 atom stereocenters. The molecule has 1 N–H and O–H groups in total. The van der Waals surface area contributed by atoms with Crippen LogP contribution < -0.4 is 5.32 Å². The van der Waals surface area contributed by atoms with E-state index in [1.165, 1.54) is 0 Å². The summed E-state index contributed by atoms with van der Waals surface area (Å²) in [5.41, 5.74) is 1.72. The Kier molecular flexibility index (Phi) is 5.28. The van der Waals surface area contributed by atoms with Crippen LogP contribution >= 0.6 is 11.8 Å². The number of aryl methyl sites for hydroxylation is 1. The fourth-order valence-corrected chi connectivity index (χ4v) is 2.86. The molecule has 0 bridgehead atoms. The standard InChI is InChI=1S/C18H17N3O2S/c1-13-20-17(23-21-13)12-24-16-9-7-15(8-10-16)18(22)19-11-14-5-3-2-4-6-14/h2-10H,11-12H2,1H3,(H,19,22). The number of hydrogen-bond donors (Lipinski definition) is 1. The van der Waals surface area contributed by atoms with Gasteiger partial charge in [0.25, 0.3) is 5.91 Å². The number of carbonyl (C=O) groups is 1. The van der Waals surface area contributed by atoms with Crippen LogP contribution in [0.2, 0.25) is 0 Å². The van der Waals surface area contributed by atoms with Gasteiger partial charge in [-0.1, -0.05) is 35.5 Å². The summed E-state index contributed by atoms with van der Waals surface area (Å²) >= 11 is 1.59. The maximum Gasteiger partial charge on any atom is 0.251 e. The molecule has 0 aliphatic heterocycles. The highest BCUT2D eigenvalue weighted by molar-refractivity contribution is 7.98. The summed E-state index contributed by atoms with van der Waals surface area (Å²) in [5, 5.41) is 6.68. The molecule has 1 aromatic heterocycles. The Morgan fingerprint density at radius 1 is 1.12 bits per heavy atom. The van der Waals surface area contributed by atoms with Crippen LogP contribution in [-0.2, 0) is 12.3 Å². The molecule has 3 aromatic rings. The first-order chi connectivity index (χ1) is 11.7. The number of amides is 1. The molecule has 0 radical (unpaired) electrons. The fourth-order valence-electron chi connectivity index (χ4n) is 2.13. The zero-order valence-electron chi connectivity index (χ0n) is 13.2. The number of aromatic nitrogens is 2. The summed E-state index contributed by atoms with van der Waals surface area (Å²) in [6.45, 7) is 2.31. The van der Waals surface area contributed by atoms with Crippen LogP contribution in [0.4, 0.5) is 0 Å². The van der Waals surface area contributed by atoms with Crippen molar-refractivity contribution in [3.63, 3.8) is 0 Å². The van der Waals surface area contributed by atoms with Crippen LogP contribution in [0.5, 0.6) is 0 Å². The Morgan fingerprint density at radius 3 is 2.54 bits per heavy atom. The third-order valence-electron chi connectivity index (χ3n) is 3.34. The normalized spacial score (nSPS) is 10.5. The van der Waals surface area contributed by atoms with Gasteiger partial charge in [0.15, 0.2) is 5.82 Å². The van der Waals surface area contributed by atoms with Crippen LogP contribution in [0, 0.1) is 6.92 Å². The Bertz CT molecular complexity index is 801. The van der Waals surface area contributed by atoms with E-state index < -0.39 is 0 Å². The molecule has 0 spiro atoms. The summed E-state index contributed by atoms with van der Waals surface area (Å²) in [6.07, 6.45) is 0. The molecule has 24 heavy (non-hydrogen) atoms. The van der Waals surface area contributed by atoms with Crippen LogP contribution in [0.15, 0.2) is 64.0 Å². The molecule has 0 aliphatic rings. The lowest BCUT2D eigenvalue weighted by Gasteiger charge is -2.06. The van der Waals surface area contributed by atoms with E-state index in [0.29, 0.717) is 29.6 Å². The smallest absolute Gasteiger partial charge is 0.251 e. The van der Waals surface area contributed by atoms with Crippen molar-refractivity contribution in [2.45, 2.75) is 24.1 Å². The monoisotopic (exact) mass is 339 g/mol. The summed E-state index contributed by atoms with van der Waals surface area (Å²) in [5.74, 6) is 1.77. The second kappa shape index (κ2) is 7.79. The molecular formula is C18H17N3O2S. The summed E-state index contributed by atoms with van der Waals surface area (Å²) in [7, 11) is 0. The van der Waals surface area contributed by atoms with Crippen LogP contribution in [0.1, 0.15) is 27.6 Å². The summed E-state index contributed by atoms with van der Waals surface area (Å²) in [4.78, 5) is 17.4. The van der Waals surface area contributed by atoms with Crippen molar-refractivity contribution in [1.29, 1.82) is 0 Å². The topological polar surface area (TPSA) is 68.0 Å². The largest absolute Gasteiger partial charge is 0.348 e. The average molecular weight is 339 g/mol. The number of nitrogens with zero attached hydrogens (tertiary/aromatic N) is 2. The molecule has 0 unspecified atom stereocenters. The molecule has 1 heterocycles. The maximum atomic E-state index is 12.2. The Hall–Kier alpha value is -2.60. The van der Waals surface area contributed by atoms with Gasteiger partial charge in [-0.15, -0.1) is 11.8 Å². The van der Waals surface area contributed by atoms with Gasteiger partial charge in [-0.25, -0.2) is 0 Å². The van der Waals surface area contributed by atoms with Crippen molar-refractivity contribution in [3.05, 3.63) is 77.4 Å². The molecule has 0 saturated heterocycles. The van der Waals surface area contributed by atoms with Crippen LogP contribution in [0.25, 0.3) is 0 Å². The predicted octanol–water partition coefficient (Wildman–Crippen LogP) is 3.60. The van der Waals surface area contributed by atoms with Crippen molar-refractivity contribution < 1.29 is 9.32 Å². The van der Waals surface area contributed by atoms with Crippen LogP contribution in [-0.4, -0.2) is 16.0 Å². The molecule has 0 fully saturated rings. The van der Waals surface area contributed by atoms with Crippen molar-refractivity contribution in [1.82, 2.24) is 15.5 Å². The Morgan fingerprint density at radius 2 is 1.88 bits per heavy atom. The lowest BCUT2D eigenvalue weighted by atomic mass is 10.2. The lowest BCUT2D eigenvalue weighted by molar-refractivity contribution is 0.0951. The van der Waals surface area contributed by atoms with Crippen molar-refractivity contribution in [2.75, 3.05) is 0 Å². The molecule has 0 aliphatic carbocycles. The van der Waals surface area contributed by atoms with E-state index in [0.717, 1.165) is 10.5 Å². The van der Waals surface area contributed by atoms with E-state index in [1.54, 1.807) is 18.7 Å². The second-order valence-electron chi connectivity index (χ2n) is 5.22. The highest BCUT2D eigenvalue weighted by Gasteiger charge is 2.07.